The molecule has 0 saturated carbocycles. The summed E-state index contributed by atoms with van der Waals surface area (Å²) in [5.41, 5.74) is 1.14. The summed E-state index contributed by atoms with van der Waals surface area (Å²) in [5, 5.41) is 9.88. The zero-order chi connectivity index (χ0) is 18.4. The number of rotatable bonds is 8. The molecule has 1 heterocycles. The topological polar surface area (TPSA) is 39.9 Å². The average molecular weight is 390 g/mol. The Balaban J connectivity index is 1.70. The zero-order valence-electron chi connectivity index (χ0n) is 13.9. The van der Waals surface area contributed by atoms with E-state index in [1.54, 1.807) is 36.0 Å². The van der Waals surface area contributed by atoms with Crippen molar-refractivity contribution in [2.45, 2.75) is 24.1 Å². The van der Waals surface area contributed by atoms with Gasteiger partial charge < -0.3 is 4.74 Å². The Morgan fingerprint density at radius 2 is 1.92 bits per heavy atom. The summed E-state index contributed by atoms with van der Waals surface area (Å²) in [6, 6.07) is 14.0. The molecule has 0 aliphatic rings. The second-order valence-corrected chi connectivity index (χ2v) is 6.81. The number of ether oxygens (including phenoxy) is 1. The van der Waals surface area contributed by atoms with E-state index in [4.69, 9.17) is 16.3 Å². The summed E-state index contributed by atoms with van der Waals surface area (Å²) in [5.74, 6) is 1.14. The number of allylic oxidation sites excluding steroid dienone is 1. The highest BCUT2D eigenvalue weighted by Gasteiger charge is 2.13. The number of halogens is 2. The quantitative estimate of drug-likeness (QED) is 0.395. The van der Waals surface area contributed by atoms with E-state index in [9.17, 15) is 4.39 Å². The van der Waals surface area contributed by atoms with Crippen molar-refractivity contribution in [1.29, 1.82) is 0 Å². The number of benzene rings is 2. The molecule has 0 aliphatic carbocycles. The molecule has 26 heavy (non-hydrogen) atoms. The van der Waals surface area contributed by atoms with Gasteiger partial charge in [-0.2, -0.15) is 0 Å². The Morgan fingerprint density at radius 3 is 2.65 bits per heavy atom. The van der Waals surface area contributed by atoms with Crippen molar-refractivity contribution >= 4 is 23.4 Å². The van der Waals surface area contributed by atoms with Gasteiger partial charge >= 0.3 is 0 Å². The largest absolute Gasteiger partial charge is 0.483 e. The van der Waals surface area contributed by atoms with Crippen LogP contribution in [0.5, 0.6) is 5.75 Å². The van der Waals surface area contributed by atoms with Crippen molar-refractivity contribution in [1.82, 2.24) is 14.8 Å². The van der Waals surface area contributed by atoms with Crippen LogP contribution in [0, 0.1) is 5.82 Å². The van der Waals surface area contributed by atoms with Gasteiger partial charge in [-0.1, -0.05) is 53.7 Å². The number of aromatic nitrogens is 3. The van der Waals surface area contributed by atoms with E-state index in [1.807, 2.05) is 28.8 Å². The first-order chi connectivity index (χ1) is 12.7. The molecule has 0 atom stereocenters. The van der Waals surface area contributed by atoms with Gasteiger partial charge in [0.2, 0.25) is 0 Å². The Morgan fingerprint density at radius 1 is 1.15 bits per heavy atom. The van der Waals surface area contributed by atoms with Crippen molar-refractivity contribution in [3.8, 4) is 5.75 Å². The van der Waals surface area contributed by atoms with Crippen molar-refractivity contribution in [2.75, 3.05) is 0 Å². The van der Waals surface area contributed by atoms with Crippen LogP contribution in [0.3, 0.4) is 0 Å². The third kappa shape index (κ3) is 4.65. The maximum Gasteiger partial charge on any atom is 0.191 e. The standard InChI is InChI=1S/C19H17ClFN3OS/c1-2-11-24-18(12-25-17-6-4-3-5-16(17)21)22-23-19(24)26-13-14-7-9-15(20)10-8-14/h2-10H,1,11-13H2. The van der Waals surface area contributed by atoms with Crippen molar-refractivity contribution in [3.05, 3.63) is 83.4 Å². The van der Waals surface area contributed by atoms with Crippen LogP contribution in [-0.4, -0.2) is 14.8 Å². The first-order valence-electron chi connectivity index (χ1n) is 7.95. The smallest absolute Gasteiger partial charge is 0.191 e. The van der Waals surface area contributed by atoms with Crippen molar-refractivity contribution in [2.24, 2.45) is 0 Å². The second-order valence-electron chi connectivity index (χ2n) is 5.43. The molecule has 2 aromatic carbocycles. The van der Waals surface area contributed by atoms with Crippen LogP contribution in [0.1, 0.15) is 11.4 Å². The summed E-state index contributed by atoms with van der Waals surface area (Å²) in [7, 11) is 0. The van der Waals surface area contributed by atoms with Gasteiger partial charge in [-0.3, -0.25) is 4.57 Å². The summed E-state index contributed by atoms with van der Waals surface area (Å²) in [4.78, 5) is 0. The Bertz CT molecular complexity index is 883. The highest BCUT2D eigenvalue weighted by Crippen LogP contribution is 2.24. The predicted molar refractivity (Wildman–Crippen MR) is 102 cm³/mol. The number of nitrogens with zero attached hydrogens (tertiary/aromatic N) is 3. The van der Waals surface area contributed by atoms with Crippen LogP contribution >= 0.6 is 23.4 Å². The lowest BCUT2D eigenvalue weighted by atomic mass is 10.2. The van der Waals surface area contributed by atoms with Crippen LogP contribution in [-0.2, 0) is 18.9 Å². The molecule has 0 saturated heterocycles. The lowest BCUT2D eigenvalue weighted by Crippen LogP contribution is -2.08. The summed E-state index contributed by atoms with van der Waals surface area (Å²) < 4.78 is 21.1. The van der Waals surface area contributed by atoms with Crippen LogP contribution in [0.15, 0.2) is 66.3 Å². The second kappa shape index (κ2) is 8.87. The Kier molecular flexibility index (Phi) is 6.30. The maximum atomic E-state index is 13.7. The molecule has 3 aromatic rings. The molecule has 0 amide bonds. The first-order valence-corrected chi connectivity index (χ1v) is 9.31. The normalized spacial score (nSPS) is 10.7. The minimum Gasteiger partial charge on any atom is -0.483 e. The number of hydrogen-bond acceptors (Lipinski definition) is 4. The van der Waals surface area contributed by atoms with E-state index >= 15 is 0 Å². The number of hydrogen-bond donors (Lipinski definition) is 0. The molecule has 3 rings (SSSR count). The fourth-order valence-electron chi connectivity index (χ4n) is 2.28. The molecule has 4 nitrogen and oxygen atoms in total. The van der Waals surface area contributed by atoms with E-state index in [1.165, 1.54) is 6.07 Å². The van der Waals surface area contributed by atoms with Gasteiger partial charge in [0, 0.05) is 17.3 Å². The lowest BCUT2D eigenvalue weighted by molar-refractivity contribution is 0.275. The molecule has 0 unspecified atom stereocenters. The van der Waals surface area contributed by atoms with E-state index in [2.05, 4.69) is 16.8 Å². The maximum absolute atomic E-state index is 13.7. The van der Waals surface area contributed by atoms with Gasteiger partial charge in [-0.15, -0.1) is 16.8 Å². The molecule has 0 spiro atoms. The van der Waals surface area contributed by atoms with E-state index in [0.29, 0.717) is 17.4 Å². The highest BCUT2D eigenvalue weighted by atomic mass is 35.5. The lowest BCUT2D eigenvalue weighted by Gasteiger charge is -2.09. The SMILES string of the molecule is C=CCn1c(COc2ccccc2F)nnc1SCc1ccc(Cl)cc1. The average Bonchev–Trinajstić information content (AvgIpc) is 3.03. The Hall–Kier alpha value is -2.31. The zero-order valence-corrected chi connectivity index (χ0v) is 15.5. The van der Waals surface area contributed by atoms with Crippen LogP contribution in [0.25, 0.3) is 0 Å². The van der Waals surface area contributed by atoms with Gasteiger partial charge in [0.1, 0.15) is 6.61 Å². The third-order valence-electron chi connectivity index (χ3n) is 3.58. The molecule has 0 bridgehead atoms. The molecule has 0 fully saturated rings. The van der Waals surface area contributed by atoms with E-state index in [-0.39, 0.29) is 12.4 Å². The molecule has 0 N–H and O–H groups in total. The molecule has 0 radical (unpaired) electrons. The summed E-state index contributed by atoms with van der Waals surface area (Å²) >= 11 is 7.47. The van der Waals surface area contributed by atoms with Gasteiger partial charge in [-0.05, 0) is 29.8 Å². The van der Waals surface area contributed by atoms with Gasteiger partial charge in [0.15, 0.2) is 22.5 Å². The van der Waals surface area contributed by atoms with Gasteiger partial charge in [0.25, 0.3) is 0 Å². The molecule has 134 valence electrons. The minimum absolute atomic E-state index is 0.128. The van der Waals surface area contributed by atoms with Crippen LogP contribution in [0.2, 0.25) is 5.02 Å². The third-order valence-corrected chi connectivity index (χ3v) is 4.87. The minimum atomic E-state index is -0.403. The molecular weight excluding hydrogens is 373 g/mol. The van der Waals surface area contributed by atoms with Crippen LogP contribution in [0.4, 0.5) is 4.39 Å². The summed E-state index contributed by atoms with van der Waals surface area (Å²) in [6.07, 6.45) is 1.77. The Labute approximate surface area is 160 Å². The van der Waals surface area contributed by atoms with Crippen molar-refractivity contribution < 1.29 is 9.13 Å². The molecule has 7 heteroatoms. The molecular formula is C19H17ClFN3OS. The highest BCUT2D eigenvalue weighted by molar-refractivity contribution is 7.98. The number of thioether (sulfide) groups is 1. The predicted octanol–water partition coefficient (Wildman–Crippen LogP) is 5.13. The van der Waals surface area contributed by atoms with Gasteiger partial charge in [-0.25, -0.2) is 4.39 Å². The molecule has 1 aromatic heterocycles. The van der Waals surface area contributed by atoms with E-state index < -0.39 is 5.82 Å². The van der Waals surface area contributed by atoms with Gasteiger partial charge in [0.05, 0.1) is 0 Å². The monoisotopic (exact) mass is 389 g/mol. The summed E-state index contributed by atoms with van der Waals surface area (Å²) in [6.45, 7) is 4.45. The van der Waals surface area contributed by atoms with Crippen LogP contribution < -0.4 is 4.74 Å². The fraction of sp³-hybridized carbons (Fsp3) is 0.158. The number of para-hydroxylation sites is 1. The molecule has 0 aliphatic heterocycles. The van der Waals surface area contributed by atoms with Crippen molar-refractivity contribution in [3.63, 3.8) is 0 Å². The first kappa shape index (κ1) is 18.5. The van der Waals surface area contributed by atoms with E-state index in [0.717, 1.165) is 16.5 Å². The fourth-order valence-corrected chi connectivity index (χ4v) is 3.33.